The van der Waals surface area contributed by atoms with Crippen LogP contribution in [-0.2, 0) is 13.0 Å². The topological polar surface area (TPSA) is 51.0 Å². The number of amides is 1. The minimum Gasteiger partial charge on any atom is -0.338 e. The molecule has 5 nitrogen and oxygen atoms in total. The smallest absolute Gasteiger partial charge is 0.257 e. The summed E-state index contributed by atoms with van der Waals surface area (Å²) >= 11 is 1.79. The Morgan fingerprint density at radius 2 is 2.09 bits per heavy atom. The minimum absolute atomic E-state index is 0.164. The number of rotatable bonds is 2. The Morgan fingerprint density at radius 3 is 2.82 bits per heavy atom. The van der Waals surface area contributed by atoms with Crippen molar-refractivity contribution in [2.24, 2.45) is 0 Å². The molecule has 0 radical (unpaired) electrons. The van der Waals surface area contributed by atoms with E-state index in [4.69, 9.17) is 0 Å². The van der Waals surface area contributed by atoms with Crippen molar-refractivity contribution in [3.63, 3.8) is 0 Å². The first-order valence-electron chi connectivity index (χ1n) is 7.98. The van der Waals surface area contributed by atoms with Crippen molar-refractivity contribution in [1.29, 1.82) is 0 Å². The van der Waals surface area contributed by atoms with Crippen LogP contribution in [0, 0.1) is 6.92 Å². The normalized spacial score (nSPS) is 18.7. The number of hydrogen-bond donors (Lipinski definition) is 0. The molecular formula is C16H20N4OS. The molecule has 1 amide bonds. The van der Waals surface area contributed by atoms with Crippen molar-refractivity contribution in [2.45, 2.75) is 45.1 Å². The third-order valence-electron chi connectivity index (χ3n) is 4.73. The quantitative estimate of drug-likeness (QED) is 0.856. The molecule has 2 aromatic heterocycles. The van der Waals surface area contributed by atoms with Crippen molar-refractivity contribution in [3.8, 4) is 0 Å². The molecule has 1 saturated heterocycles. The van der Waals surface area contributed by atoms with Crippen LogP contribution in [0.1, 0.15) is 51.1 Å². The molecule has 0 atom stereocenters. The van der Waals surface area contributed by atoms with Gasteiger partial charge < -0.3 is 4.90 Å². The van der Waals surface area contributed by atoms with E-state index in [-0.39, 0.29) is 5.91 Å². The van der Waals surface area contributed by atoms with Gasteiger partial charge in [-0.3, -0.25) is 9.48 Å². The molecule has 0 aromatic carbocycles. The summed E-state index contributed by atoms with van der Waals surface area (Å²) in [6.45, 7) is 4.70. The Balaban J connectivity index is 1.44. The number of likely N-dealkylation sites (tertiary alicyclic amines) is 1. The molecule has 2 aliphatic rings. The zero-order valence-electron chi connectivity index (χ0n) is 12.8. The SMILES string of the molecule is Cc1cnc(C2CCN(C(=O)c3cnn4c3CCC4)CC2)s1. The van der Waals surface area contributed by atoms with Crippen LogP contribution in [0.15, 0.2) is 12.4 Å². The van der Waals surface area contributed by atoms with Crippen molar-refractivity contribution in [1.82, 2.24) is 19.7 Å². The number of piperidine rings is 1. The molecule has 6 heteroatoms. The first-order valence-corrected chi connectivity index (χ1v) is 8.80. The molecule has 2 aromatic rings. The largest absolute Gasteiger partial charge is 0.338 e. The highest BCUT2D eigenvalue weighted by Gasteiger charge is 2.29. The highest BCUT2D eigenvalue weighted by atomic mass is 32.1. The van der Waals surface area contributed by atoms with E-state index in [1.165, 1.54) is 9.88 Å². The molecule has 0 unspecified atom stereocenters. The Hall–Kier alpha value is -1.69. The van der Waals surface area contributed by atoms with E-state index in [1.54, 1.807) is 17.5 Å². The number of carbonyl (C=O) groups is 1. The third kappa shape index (κ3) is 2.35. The fraction of sp³-hybridized carbons (Fsp3) is 0.562. The lowest BCUT2D eigenvalue weighted by Gasteiger charge is -2.31. The predicted molar refractivity (Wildman–Crippen MR) is 85.3 cm³/mol. The van der Waals surface area contributed by atoms with Gasteiger partial charge in [0.15, 0.2) is 0 Å². The first-order chi connectivity index (χ1) is 10.7. The molecule has 0 spiro atoms. The first kappa shape index (κ1) is 13.9. The average molecular weight is 316 g/mol. The summed E-state index contributed by atoms with van der Waals surface area (Å²) in [5.74, 6) is 0.678. The number of aromatic nitrogens is 3. The maximum absolute atomic E-state index is 12.7. The van der Waals surface area contributed by atoms with Gasteiger partial charge in [-0.1, -0.05) is 0 Å². The lowest BCUT2D eigenvalue weighted by molar-refractivity contribution is 0.0712. The molecule has 4 rings (SSSR count). The van der Waals surface area contributed by atoms with Crippen LogP contribution in [0.2, 0.25) is 0 Å². The number of nitrogens with zero attached hydrogens (tertiary/aromatic N) is 4. The number of fused-ring (bicyclic) bond motifs is 1. The molecule has 116 valence electrons. The molecule has 22 heavy (non-hydrogen) atoms. The predicted octanol–water partition coefficient (Wildman–Crippen LogP) is 2.61. The molecule has 0 bridgehead atoms. The number of aryl methyl sites for hydroxylation is 2. The summed E-state index contributed by atoms with van der Waals surface area (Å²) in [4.78, 5) is 20.5. The summed E-state index contributed by atoms with van der Waals surface area (Å²) < 4.78 is 1.98. The van der Waals surface area contributed by atoms with Gasteiger partial charge >= 0.3 is 0 Å². The molecule has 0 aliphatic carbocycles. The van der Waals surface area contributed by atoms with Gasteiger partial charge in [-0.2, -0.15) is 5.10 Å². The Bertz CT molecular complexity index is 697. The van der Waals surface area contributed by atoms with Gasteiger partial charge in [-0.15, -0.1) is 11.3 Å². The van der Waals surface area contributed by atoms with Crippen LogP contribution in [-0.4, -0.2) is 38.7 Å². The molecule has 0 N–H and O–H groups in total. The van der Waals surface area contributed by atoms with E-state index in [9.17, 15) is 4.79 Å². The molecule has 1 fully saturated rings. The average Bonchev–Trinajstić information content (AvgIpc) is 3.23. The summed E-state index contributed by atoms with van der Waals surface area (Å²) in [6, 6.07) is 0. The van der Waals surface area contributed by atoms with E-state index in [2.05, 4.69) is 17.0 Å². The van der Waals surface area contributed by atoms with E-state index >= 15 is 0 Å². The summed E-state index contributed by atoms with van der Waals surface area (Å²) in [5, 5.41) is 5.57. The monoisotopic (exact) mass is 316 g/mol. The van der Waals surface area contributed by atoms with Gasteiger partial charge in [-0.25, -0.2) is 4.98 Å². The van der Waals surface area contributed by atoms with Crippen molar-refractivity contribution in [2.75, 3.05) is 13.1 Å². The van der Waals surface area contributed by atoms with Crippen LogP contribution in [0.25, 0.3) is 0 Å². The van der Waals surface area contributed by atoms with E-state index in [1.807, 2.05) is 15.8 Å². The van der Waals surface area contributed by atoms with Gasteiger partial charge in [0.25, 0.3) is 5.91 Å². The molecule has 4 heterocycles. The summed E-state index contributed by atoms with van der Waals surface area (Å²) in [6.07, 6.45) is 7.83. The van der Waals surface area contributed by atoms with Crippen LogP contribution in [0.4, 0.5) is 0 Å². The zero-order valence-corrected chi connectivity index (χ0v) is 13.6. The second kappa shape index (κ2) is 5.50. The number of thiazole rings is 1. The van der Waals surface area contributed by atoms with Crippen LogP contribution in [0.5, 0.6) is 0 Å². The number of hydrogen-bond acceptors (Lipinski definition) is 4. The second-order valence-electron chi connectivity index (χ2n) is 6.21. The Kier molecular flexibility index (Phi) is 3.48. The number of carbonyl (C=O) groups excluding carboxylic acids is 1. The van der Waals surface area contributed by atoms with Gasteiger partial charge in [0.05, 0.1) is 22.5 Å². The standard InChI is InChI=1S/C16H20N4OS/c1-11-9-17-15(22-11)12-4-7-19(8-5-12)16(21)13-10-18-20-6-2-3-14(13)20/h9-10,12H,2-8H2,1H3. The highest BCUT2D eigenvalue weighted by Crippen LogP contribution is 2.31. The Labute approximate surface area is 134 Å². The lowest BCUT2D eigenvalue weighted by Crippen LogP contribution is -2.38. The maximum atomic E-state index is 12.7. The van der Waals surface area contributed by atoms with Gasteiger partial charge in [0.2, 0.25) is 0 Å². The summed E-state index contributed by atoms with van der Waals surface area (Å²) in [7, 11) is 0. The van der Waals surface area contributed by atoms with E-state index < -0.39 is 0 Å². The van der Waals surface area contributed by atoms with Gasteiger partial charge in [0.1, 0.15) is 0 Å². The lowest BCUT2D eigenvalue weighted by atomic mass is 9.97. The summed E-state index contributed by atoms with van der Waals surface area (Å²) in [5.41, 5.74) is 1.95. The van der Waals surface area contributed by atoms with Crippen molar-refractivity contribution >= 4 is 17.2 Å². The minimum atomic E-state index is 0.164. The maximum Gasteiger partial charge on any atom is 0.257 e. The zero-order chi connectivity index (χ0) is 15.1. The van der Waals surface area contributed by atoms with E-state index in [0.29, 0.717) is 5.92 Å². The van der Waals surface area contributed by atoms with Crippen molar-refractivity contribution in [3.05, 3.63) is 33.5 Å². The Morgan fingerprint density at radius 1 is 1.27 bits per heavy atom. The fourth-order valence-electron chi connectivity index (χ4n) is 3.50. The van der Waals surface area contributed by atoms with Gasteiger partial charge in [0, 0.05) is 36.6 Å². The third-order valence-corrected chi connectivity index (χ3v) is 5.81. The van der Waals surface area contributed by atoms with Crippen LogP contribution >= 0.6 is 11.3 Å². The molecule has 0 saturated carbocycles. The molecular weight excluding hydrogens is 296 g/mol. The highest BCUT2D eigenvalue weighted by molar-refractivity contribution is 7.11. The van der Waals surface area contributed by atoms with Crippen LogP contribution in [0.3, 0.4) is 0 Å². The van der Waals surface area contributed by atoms with Gasteiger partial charge in [-0.05, 0) is 32.6 Å². The fourth-order valence-corrected chi connectivity index (χ4v) is 4.45. The van der Waals surface area contributed by atoms with E-state index in [0.717, 1.165) is 56.6 Å². The second-order valence-corrected chi connectivity index (χ2v) is 7.47. The van der Waals surface area contributed by atoms with Crippen LogP contribution < -0.4 is 0 Å². The molecule has 2 aliphatic heterocycles. The van der Waals surface area contributed by atoms with Crippen molar-refractivity contribution < 1.29 is 4.79 Å².